The molecule has 28 heavy (non-hydrogen) atoms. The first-order valence-electron chi connectivity index (χ1n) is 9.02. The summed E-state index contributed by atoms with van der Waals surface area (Å²) in [6.07, 6.45) is 1.47. The number of hydrogen-bond acceptors (Lipinski definition) is 4. The van der Waals surface area contributed by atoms with Gasteiger partial charge in [0.25, 0.3) is 11.8 Å². The number of anilines is 3. The molecule has 0 fully saturated rings. The van der Waals surface area contributed by atoms with Gasteiger partial charge in [0.05, 0.1) is 18.0 Å². The van der Waals surface area contributed by atoms with E-state index in [-0.39, 0.29) is 11.5 Å². The van der Waals surface area contributed by atoms with Crippen molar-refractivity contribution >= 4 is 40.5 Å². The van der Waals surface area contributed by atoms with Crippen molar-refractivity contribution in [2.75, 3.05) is 36.6 Å². The van der Waals surface area contributed by atoms with E-state index in [0.717, 1.165) is 0 Å². The van der Waals surface area contributed by atoms with Crippen molar-refractivity contribution in [1.82, 2.24) is 5.32 Å². The van der Waals surface area contributed by atoms with Gasteiger partial charge in [-0.15, -0.1) is 0 Å². The highest BCUT2D eigenvalue weighted by atomic mass is 35.5. The second-order valence-corrected chi connectivity index (χ2v) is 6.60. The summed E-state index contributed by atoms with van der Waals surface area (Å²) in [6, 6.07) is 14.4. The Labute approximate surface area is 169 Å². The lowest BCUT2D eigenvalue weighted by Crippen LogP contribution is -2.35. The maximum Gasteiger partial charge on any atom is 0.270 e. The number of carbonyl (C=O) groups excluding carboxylic acids is 2. The summed E-state index contributed by atoms with van der Waals surface area (Å²) in [5.74, 6) is -0.778. The van der Waals surface area contributed by atoms with Crippen LogP contribution in [0.4, 0.5) is 17.1 Å². The number of nitrogens with zero attached hydrogens (tertiary/aromatic N) is 2. The zero-order valence-electron chi connectivity index (χ0n) is 15.8. The molecule has 0 aromatic heterocycles. The van der Waals surface area contributed by atoms with Crippen LogP contribution in [0.1, 0.15) is 6.92 Å². The van der Waals surface area contributed by atoms with E-state index in [1.54, 1.807) is 30.2 Å². The molecular weight excluding hydrogens is 378 g/mol. The molecular formula is C21H22ClN3O3. The van der Waals surface area contributed by atoms with Gasteiger partial charge in [0.2, 0.25) is 0 Å². The Bertz CT molecular complexity index is 899. The van der Waals surface area contributed by atoms with Gasteiger partial charge in [0, 0.05) is 37.1 Å². The zero-order chi connectivity index (χ0) is 20.1. The maximum atomic E-state index is 13.5. The van der Waals surface area contributed by atoms with Crippen molar-refractivity contribution in [1.29, 1.82) is 0 Å². The number of benzene rings is 2. The lowest BCUT2D eigenvalue weighted by atomic mass is 10.2. The van der Waals surface area contributed by atoms with Crippen LogP contribution in [-0.4, -0.2) is 38.6 Å². The molecule has 2 amide bonds. The Balaban J connectivity index is 2.17. The number of carbonyl (C=O) groups is 2. The van der Waals surface area contributed by atoms with Crippen molar-refractivity contribution in [2.45, 2.75) is 6.92 Å². The van der Waals surface area contributed by atoms with Gasteiger partial charge < -0.3 is 15.0 Å². The fourth-order valence-corrected chi connectivity index (χ4v) is 3.25. The number of ether oxygens (including phenoxy) is 1. The average Bonchev–Trinajstić information content (AvgIpc) is 2.78. The minimum atomic E-state index is -0.416. The minimum Gasteiger partial charge on any atom is -0.388 e. The van der Waals surface area contributed by atoms with Crippen LogP contribution in [0, 0.1) is 0 Å². The van der Waals surface area contributed by atoms with Crippen LogP contribution in [0.2, 0.25) is 5.02 Å². The molecule has 0 saturated heterocycles. The Hall–Kier alpha value is -2.83. The molecule has 0 aliphatic carbocycles. The van der Waals surface area contributed by atoms with Crippen molar-refractivity contribution < 1.29 is 14.3 Å². The molecule has 7 heteroatoms. The third-order valence-corrected chi connectivity index (χ3v) is 4.64. The van der Waals surface area contributed by atoms with Crippen LogP contribution >= 0.6 is 11.6 Å². The Morgan fingerprint density at radius 3 is 2.50 bits per heavy atom. The smallest absolute Gasteiger partial charge is 0.270 e. The highest BCUT2D eigenvalue weighted by Crippen LogP contribution is 2.40. The quantitative estimate of drug-likeness (QED) is 0.459. The first-order valence-corrected chi connectivity index (χ1v) is 9.39. The van der Waals surface area contributed by atoms with Crippen LogP contribution < -0.4 is 15.1 Å². The largest absolute Gasteiger partial charge is 0.388 e. The molecule has 2 aromatic carbocycles. The van der Waals surface area contributed by atoms with Gasteiger partial charge in [-0.05, 0) is 37.3 Å². The van der Waals surface area contributed by atoms with Gasteiger partial charge in [0.15, 0.2) is 0 Å². The van der Waals surface area contributed by atoms with Crippen molar-refractivity contribution in [3.8, 4) is 0 Å². The van der Waals surface area contributed by atoms with Crippen molar-refractivity contribution in [2.24, 2.45) is 0 Å². The van der Waals surface area contributed by atoms with E-state index < -0.39 is 5.91 Å². The summed E-state index contributed by atoms with van der Waals surface area (Å²) >= 11 is 6.23. The highest BCUT2D eigenvalue weighted by molar-refractivity contribution is 6.34. The fraction of sp³-hybridized carbons (Fsp3) is 0.238. The molecule has 0 bridgehead atoms. The van der Waals surface area contributed by atoms with E-state index in [1.807, 2.05) is 37.3 Å². The molecule has 1 heterocycles. The lowest BCUT2D eigenvalue weighted by Gasteiger charge is -2.24. The van der Waals surface area contributed by atoms with Gasteiger partial charge >= 0.3 is 0 Å². The first-order chi connectivity index (χ1) is 13.6. The van der Waals surface area contributed by atoms with Crippen molar-refractivity contribution in [3.63, 3.8) is 0 Å². The summed E-state index contributed by atoms with van der Waals surface area (Å²) in [7, 11) is 1.59. The van der Waals surface area contributed by atoms with Crippen LogP contribution in [0.3, 0.4) is 0 Å². The summed E-state index contributed by atoms with van der Waals surface area (Å²) < 4.78 is 5.01. The Morgan fingerprint density at radius 2 is 1.82 bits per heavy atom. The van der Waals surface area contributed by atoms with Gasteiger partial charge in [-0.1, -0.05) is 29.8 Å². The molecule has 0 unspecified atom stereocenters. The Morgan fingerprint density at radius 1 is 1.07 bits per heavy atom. The fourth-order valence-electron chi connectivity index (χ4n) is 3.09. The predicted octanol–water partition coefficient (Wildman–Crippen LogP) is 3.49. The first kappa shape index (κ1) is 19.9. The van der Waals surface area contributed by atoms with Crippen LogP contribution in [0.5, 0.6) is 0 Å². The maximum absolute atomic E-state index is 13.5. The van der Waals surface area contributed by atoms with E-state index in [1.165, 1.54) is 11.1 Å². The SMILES string of the molecule is CCN1C(=O)/C(=C/NCCOC)C(=O)N(c2ccccc2)c2cc(Cl)ccc21. The molecule has 0 spiro atoms. The molecule has 146 valence electrons. The van der Waals surface area contributed by atoms with Crippen LogP contribution in [0.15, 0.2) is 60.3 Å². The third-order valence-electron chi connectivity index (χ3n) is 4.41. The lowest BCUT2D eigenvalue weighted by molar-refractivity contribution is -0.120. The number of halogens is 1. The summed E-state index contributed by atoms with van der Waals surface area (Å²) in [6.45, 7) is 3.23. The topological polar surface area (TPSA) is 61.9 Å². The Kier molecular flexibility index (Phi) is 6.34. The molecule has 1 N–H and O–H groups in total. The highest BCUT2D eigenvalue weighted by Gasteiger charge is 2.36. The molecule has 0 atom stereocenters. The van der Waals surface area contributed by atoms with Gasteiger partial charge in [-0.25, -0.2) is 0 Å². The van der Waals surface area contributed by atoms with E-state index in [0.29, 0.717) is 41.8 Å². The summed E-state index contributed by atoms with van der Waals surface area (Å²) in [4.78, 5) is 29.7. The number of rotatable bonds is 6. The number of methoxy groups -OCH3 is 1. The molecule has 0 radical (unpaired) electrons. The van der Waals surface area contributed by atoms with E-state index in [9.17, 15) is 9.59 Å². The van der Waals surface area contributed by atoms with Crippen LogP contribution in [-0.2, 0) is 14.3 Å². The number of fused-ring (bicyclic) bond motifs is 1. The third kappa shape index (κ3) is 3.88. The number of nitrogens with one attached hydrogen (secondary N) is 1. The molecule has 1 aliphatic heterocycles. The average molecular weight is 400 g/mol. The molecule has 3 rings (SSSR count). The summed E-state index contributed by atoms with van der Waals surface area (Å²) in [5, 5.41) is 3.48. The van der Waals surface area contributed by atoms with Gasteiger partial charge in [-0.2, -0.15) is 0 Å². The zero-order valence-corrected chi connectivity index (χ0v) is 16.6. The minimum absolute atomic E-state index is 0.0501. The van der Waals surface area contributed by atoms with Gasteiger partial charge in [-0.3, -0.25) is 14.5 Å². The van der Waals surface area contributed by atoms with E-state index in [4.69, 9.17) is 16.3 Å². The second kappa shape index (κ2) is 8.91. The van der Waals surface area contributed by atoms with Crippen molar-refractivity contribution in [3.05, 3.63) is 65.3 Å². The second-order valence-electron chi connectivity index (χ2n) is 6.16. The van der Waals surface area contributed by atoms with Crippen LogP contribution in [0.25, 0.3) is 0 Å². The molecule has 0 saturated carbocycles. The van der Waals surface area contributed by atoms with E-state index in [2.05, 4.69) is 5.32 Å². The van der Waals surface area contributed by atoms with E-state index >= 15 is 0 Å². The number of amides is 2. The van der Waals surface area contributed by atoms with Gasteiger partial charge in [0.1, 0.15) is 5.57 Å². The normalized spacial score (nSPS) is 15.6. The number of likely N-dealkylation sites (N-methyl/N-ethyl adjacent to an activating group) is 1. The predicted molar refractivity (Wildman–Crippen MR) is 111 cm³/mol. The molecule has 2 aromatic rings. The molecule has 1 aliphatic rings. The standard InChI is InChI=1S/C21H22ClN3O3/c1-3-24-18-10-9-15(22)13-19(18)25(16-7-5-4-6-8-16)21(27)17(20(24)26)14-23-11-12-28-2/h4-10,13-14,23H,3,11-12H2,1-2H3/b17-14-. The number of hydrogen-bond donors (Lipinski definition) is 1. The number of para-hydroxylation sites is 1. The summed E-state index contributed by atoms with van der Waals surface area (Å²) in [5.41, 5.74) is 1.91. The monoisotopic (exact) mass is 399 g/mol. The molecule has 6 nitrogen and oxygen atoms in total.